The van der Waals surface area contributed by atoms with Crippen LogP contribution in [-0.4, -0.2) is 22.7 Å². The van der Waals surface area contributed by atoms with Crippen molar-refractivity contribution < 1.29 is 4.43 Å². The lowest BCUT2D eigenvalue weighted by molar-refractivity contribution is 0.280. The van der Waals surface area contributed by atoms with Gasteiger partial charge in [-0.15, -0.1) is 11.3 Å². The van der Waals surface area contributed by atoms with Crippen LogP contribution < -0.4 is 0 Å². The van der Waals surface area contributed by atoms with Crippen molar-refractivity contribution in [1.29, 1.82) is 0 Å². The maximum absolute atomic E-state index is 6.51. The standard InChI is InChI=1S/C27H29N3OSSi/c1-27(2,3)33(4,5)31-18-25-22(12-13-32-25)20-10-11-26-29-24(17-30(26)16-20)21-14-19-8-6-7-9-23(19)28-15-21/h6-17H,18H2,1-5H3. The van der Waals surface area contributed by atoms with Crippen LogP contribution in [0.25, 0.3) is 38.9 Å². The summed E-state index contributed by atoms with van der Waals surface area (Å²) < 4.78 is 8.62. The lowest BCUT2D eigenvalue weighted by atomic mass is 10.1. The van der Waals surface area contributed by atoms with Gasteiger partial charge in [0.05, 0.1) is 17.8 Å². The van der Waals surface area contributed by atoms with Gasteiger partial charge in [-0.25, -0.2) is 4.98 Å². The fourth-order valence-corrected chi connectivity index (χ4v) is 5.52. The van der Waals surface area contributed by atoms with Gasteiger partial charge in [0.15, 0.2) is 8.32 Å². The van der Waals surface area contributed by atoms with Crippen LogP contribution in [0.3, 0.4) is 0 Å². The molecule has 4 heterocycles. The number of hydrogen-bond donors (Lipinski definition) is 0. The minimum absolute atomic E-state index is 0.203. The number of hydrogen-bond acceptors (Lipinski definition) is 4. The number of nitrogens with zero attached hydrogens (tertiary/aromatic N) is 3. The normalized spacial score (nSPS) is 12.6. The van der Waals surface area contributed by atoms with E-state index in [1.54, 1.807) is 11.3 Å². The molecular formula is C27H29N3OSSi. The van der Waals surface area contributed by atoms with Gasteiger partial charge in [-0.05, 0) is 65.0 Å². The molecule has 0 aliphatic rings. The molecule has 5 rings (SSSR count). The number of thiophene rings is 1. The molecule has 33 heavy (non-hydrogen) atoms. The van der Waals surface area contributed by atoms with E-state index in [0.29, 0.717) is 6.61 Å². The summed E-state index contributed by atoms with van der Waals surface area (Å²) in [5.74, 6) is 0. The molecule has 0 bridgehead atoms. The van der Waals surface area contributed by atoms with Crippen molar-refractivity contribution in [3.8, 4) is 22.4 Å². The number of imidazole rings is 1. The summed E-state index contributed by atoms with van der Waals surface area (Å²) in [6, 6.07) is 16.8. The van der Waals surface area contributed by atoms with E-state index >= 15 is 0 Å². The Morgan fingerprint density at radius 3 is 2.64 bits per heavy atom. The number of fused-ring (bicyclic) bond motifs is 2. The summed E-state index contributed by atoms with van der Waals surface area (Å²) in [5.41, 5.74) is 6.30. The first-order chi connectivity index (χ1) is 15.7. The molecule has 4 aromatic heterocycles. The first-order valence-electron chi connectivity index (χ1n) is 11.3. The van der Waals surface area contributed by atoms with Gasteiger partial charge < -0.3 is 8.83 Å². The van der Waals surface area contributed by atoms with Gasteiger partial charge in [0.2, 0.25) is 0 Å². The minimum Gasteiger partial charge on any atom is -0.412 e. The molecule has 0 spiro atoms. The van der Waals surface area contributed by atoms with E-state index in [1.165, 1.54) is 16.0 Å². The molecule has 1 aromatic carbocycles. The fourth-order valence-electron chi connectivity index (χ4n) is 3.67. The van der Waals surface area contributed by atoms with Crippen LogP contribution in [0.1, 0.15) is 25.6 Å². The van der Waals surface area contributed by atoms with Crippen molar-refractivity contribution in [2.75, 3.05) is 0 Å². The molecule has 5 aromatic rings. The SMILES string of the molecule is CC(C)(C)[Si](C)(C)OCc1sccc1-c1ccc2nc(-c3cnc4ccccc4c3)cn2c1. The molecular weight excluding hydrogens is 442 g/mol. The number of aromatic nitrogens is 3. The van der Waals surface area contributed by atoms with Crippen molar-refractivity contribution in [3.63, 3.8) is 0 Å². The van der Waals surface area contributed by atoms with Crippen molar-refractivity contribution in [3.05, 3.63) is 77.4 Å². The highest BCUT2D eigenvalue weighted by atomic mass is 32.1. The third-order valence-electron chi connectivity index (χ3n) is 6.76. The molecule has 4 nitrogen and oxygen atoms in total. The Kier molecular flexibility index (Phi) is 5.47. The second-order valence-electron chi connectivity index (χ2n) is 10.0. The van der Waals surface area contributed by atoms with Crippen molar-refractivity contribution in [1.82, 2.24) is 14.4 Å². The average molecular weight is 472 g/mol. The quantitative estimate of drug-likeness (QED) is 0.245. The summed E-state index contributed by atoms with van der Waals surface area (Å²) in [7, 11) is -1.80. The maximum atomic E-state index is 6.51. The number of benzene rings is 1. The first kappa shape index (κ1) is 22.0. The van der Waals surface area contributed by atoms with Crippen LogP contribution in [-0.2, 0) is 11.0 Å². The molecule has 0 saturated carbocycles. The molecule has 0 aliphatic heterocycles. The molecule has 168 valence electrons. The van der Waals surface area contributed by atoms with Crippen LogP contribution in [0.2, 0.25) is 18.1 Å². The zero-order chi connectivity index (χ0) is 23.2. The topological polar surface area (TPSA) is 39.4 Å². The van der Waals surface area contributed by atoms with Gasteiger partial charge in [0, 0.05) is 34.4 Å². The molecule has 0 aliphatic carbocycles. The van der Waals surface area contributed by atoms with Crippen LogP contribution >= 0.6 is 11.3 Å². The minimum atomic E-state index is -1.80. The Morgan fingerprint density at radius 2 is 1.82 bits per heavy atom. The zero-order valence-electron chi connectivity index (χ0n) is 19.8. The lowest BCUT2D eigenvalue weighted by Gasteiger charge is -2.36. The molecule has 0 radical (unpaired) electrons. The van der Waals surface area contributed by atoms with Gasteiger partial charge >= 0.3 is 0 Å². The van der Waals surface area contributed by atoms with E-state index in [2.05, 4.69) is 91.4 Å². The lowest BCUT2D eigenvalue weighted by Crippen LogP contribution is -2.40. The molecule has 6 heteroatoms. The highest BCUT2D eigenvalue weighted by Gasteiger charge is 2.37. The van der Waals surface area contributed by atoms with E-state index < -0.39 is 8.32 Å². The Hall–Kier alpha value is -2.80. The summed E-state index contributed by atoms with van der Waals surface area (Å²) >= 11 is 1.77. The Balaban J connectivity index is 1.44. The Bertz CT molecular complexity index is 1440. The fraction of sp³-hybridized carbons (Fsp3) is 0.259. The smallest absolute Gasteiger partial charge is 0.192 e. The van der Waals surface area contributed by atoms with Gasteiger partial charge in [-0.1, -0.05) is 39.0 Å². The van der Waals surface area contributed by atoms with Gasteiger partial charge in [-0.3, -0.25) is 4.98 Å². The molecule has 0 atom stereocenters. The predicted molar refractivity (Wildman–Crippen MR) is 141 cm³/mol. The second-order valence-corrected chi connectivity index (χ2v) is 15.8. The van der Waals surface area contributed by atoms with Crippen LogP contribution in [0.5, 0.6) is 0 Å². The largest absolute Gasteiger partial charge is 0.412 e. The first-order valence-corrected chi connectivity index (χ1v) is 15.0. The van der Waals surface area contributed by atoms with E-state index in [9.17, 15) is 0 Å². The van der Waals surface area contributed by atoms with Crippen molar-refractivity contribution in [2.45, 2.75) is 45.5 Å². The summed E-state index contributed by atoms with van der Waals surface area (Å²) in [5, 5.41) is 3.48. The van der Waals surface area contributed by atoms with E-state index in [4.69, 9.17) is 9.41 Å². The number of para-hydroxylation sites is 1. The number of pyridine rings is 2. The van der Waals surface area contributed by atoms with Crippen LogP contribution in [0, 0.1) is 0 Å². The summed E-state index contributed by atoms with van der Waals surface area (Å²) in [6.45, 7) is 12.1. The van der Waals surface area contributed by atoms with E-state index in [0.717, 1.165) is 27.8 Å². The van der Waals surface area contributed by atoms with Gasteiger partial charge in [-0.2, -0.15) is 0 Å². The molecule has 0 fully saturated rings. The van der Waals surface area contributed by atoms with E-state index in [1.807, 2.05) is 24.4 Å². The van der Waals surface area contributed by atoms with Gasteiger partial charge in [0.25, 0.3) is 0 Å². The molecule has 0 unspecified atom stereocenters. The average Bonchev–Trinajstić information content (AvgIpc) is 3.43. The molecule has 0 amide bonds. The van der Waals surface area contributed by atoms with Crippen molar-refractivity contribution >= 4 is 36.2 Å². The highest BCUT2D eigenvalue weighted by molar-refractivity contribution is 7.10. The summed E-state index contributed by atoms with van der Waals surface area (Å²) in [6.07, 6.45) is 6.15. The van der Waals surface area contributed by atoms with Crippen LogP contribution in [0.15, 0.2) is 72.5 Å². The van der Waals surface area contributed by atoms with Crippen molar-refractivity contribution in [2.24, 2.45) is 0 Å². The molecule has 0 saturated heterocycles. The molecule has 0 N–H and O–H groups in total. The monoisotopic (exact) mass is 471 g/mol. The number of rotatable bonds is 5. The maximum Gasteiger partial charge on any atom is 0.192 e. The van der Waals surface area contributed by atoms with Crippen LogP contribution in [0.4, 0.5) is 0 Å². The van der Waals surface area contributed by atoms with Gasteiger partial charge in [0.1, 0.15) is 5.65 Å². The van der Waals surface area contributed by atoms with E-state index in [-0.39, 0.29) is 5.04 Å². The second kappa shape index (κ2) is 8.20. The third-order valence-corrected chi connectivity index (χ3v) is 12.1. The zero-order valence-corrected chi connectivity index (χ0v) is 21.6. The third kappa shape index (κ3) is 4.26. The predicted octanol–water partition coefficient (Wildman–Crippen LogP) is 7.80. The highest BCUT2D eigenvalue weighted by Crippen LogP contribution is 2.38. The summed E-state index contributed by atoms with van der Waals surface area (Å²) in [4.78, 5) is 10.7. The Labute approximate surface area is 200 Å². The Morgan fingerprint density at radius 1 is 1.00 bits per heavy atom.